The highest BCUT2D eigenvalue weighted by molar-refractivity contribution is 7.91. The Bertz CT molecular complexity index is 1520. The lowest BCUT2D eigenvalue weighted by molar-refractivity contribution is -0.131. The molecular weight excluding hydrogens is 572 g/mol. The van der Waals surface area contributed by atoms with Gasteiger partial charge in [-0.1, -0.05) is 23.7 Å². The number of carbonyl (C=O) groups excluding carboxylic acids is 3. The van der Waals surface area contributed by atoms with Crippen molar-refractivity contribution in [1.29, 1.82) is 0 Å². The Morgan fingerprint density at radius 2 is 1.93 bits per heavy atom. The molecule has 2 aliphatic carbocycles. The number of hydrogen-bond donors (Lipinski definition) is 2. The van der Waals surface area contributed by atoms with E-state index in [0.29, 0.717) is 29.1 Å². The summed E-state index contributed by atoms with van der Waals surface area (Å²) in [4.78, 5) is 45.7. The summed E-state index contributed by atoms with van der Waals surface area (Å²) in [5.74, 6) is -1.60. The fourth-order valence-corrected chi connectivity index (χ4v) is 6.67. The van der Waals surface area contributed by atoms with Crippen LogP contribution in [0.2, 0.25) is 5.02 Å². The van der Waals surface area contributed by atoms with Gasteiger partial charge in [0.15, 0.2) is 0 Å². The summed E-state index contributed by atoms with van der Waals surface area (Å²) in [6.45, 7) is 8.88. The molecule has 2 N–H and O–H groups in total. The van der Waals surface area contributed by atoms with Crippen molar-refractivity contribution in [2.24, 2.45) is 5.92 Å². The van der Waals surface area contributed by atoms with Crippen LogP contribution >= 0.6 is 11.6 Å². The third kappa shape index (κ3) is 5.99. The monoisotopic (exact) mass is 604 g/mol. The maximum Gasteiger partial charge on any atom is 0.411 e. The molecule has 0 spiro atoms. The average molecular weight is 605 g/mol. The van der Waals surface area contributed by atoms with Crippen molar-refractivity contribution in [1.82, 2.24) is 19.9 Å². The molecule has 1 aromatic heterocycles. The van der Waals surface area contributed by atoms with Gasteiger partial charge in [-0.3, -0.25) is 19.2 Å². The van der Waals surface area contributed by atoms with E-state index < -0.39 is 62.4 Å². The predicted molar refractivity (Wildman–Crippen MR) is 152 cm³/mol. The lowest BCUT2D eigenvalue weighted by Gasteiger charge is -2.29. The van der Waals surface area contributed by atoms with E-state index in [0.717, 1.165) is 5.39 Å². The highest BCUT2D eigenvalue weighted by atomic mass is 35.5. The summed E-state index contributed by atoms with van der Waals surface area (Å²) >= 11 is 6.33. The molecule has 3 aliphatic rings. The molecule has 1 aliphatic heterocycles. The maximum atomic E-state index is 13.7. The van der Waals surface area contributed by atoms with Gasteiger partial charge in [-0.2, -0.15) is 0 Å². The summed E-state index contributed by atoms with van der Waals surface area (Å²) in [6, 6.07) is 6.06. The maximum absolute atomic E-state index is 13.7. The van der Waals surface area contributed by atoms with Gasteiger partial charge >= 0.3 is 6.09 Å². The molecule has 0 bridgehead atoms. The summed E-state index contributed by atoms with van der Waals surface area (Å²) in [6.07, 6.45) is 2.96. The van der Waals surface area contributed by atoms with Crippen molar-refractivity contribution in [2.75, 3.05) is 6.54 Å². The second kappa shape index (κ2) is 10.5. The molecule has 13 heteroatoms. The first-order valence-corrected chi connectivity index (χ1v) is 15.4. The van der Waals surface area contributed by atoms with E-state index >= 15 is 0 Å². The molecule has 5 rings (SSSR count). The predicted octanol–water partition coefficient (Wildman–Crippen LogP) is 3.31. The second-order valence-electron chi connectivity index (χ2n) is 11.8. The first-order valence-electron chi connectivity index (χ1n) is 13.4. The van der Waals surface area contributed by atoms with E-state index in [9.17, 15) is 22.8 Å². The number of benzene rings is 1. The van der Waals surface area contributed by atoms with Crippen LogP contribution in [0.25, 0.3) is 10.8 Å². The molecule has 2 aromatic rings. The van der Waals surface area contributed by atoms with Gasteiger partial charge in [0.25, 0.3) is 5.91 Å². The lowest BCUT2D eigenvalue weighted by atomic mass is 10.1. The summed E-state index contributed by atoms with van der Waals surface area (Å²) < 4.78 is 38.8. The van der Waals surface area contributed by atoms with Crippen LogP contribution in [0.1, 0.15) is 46.5 Å². The van der Waals surface area contributed by atoms with Gasteiger partial charge in [-0.25, -0.2) is 18.2 Å². The smallest absolute Gasteiger partial charge is 0.411 e. The van der Waals surface area contributed by atoms with Crippen LogP contribution in [0.15, 0.2) is 43.1 Å². The molecule has 2 unspecified atom stereocenters. The van der Waals surface area contributed by atoms with Crippen molar-refractivity contribution < 1.29 is 32.3 Å². The van der Waals surface area contributed by atoms with Crippen molar-refractivity contribution in [2.45, 2.75) is 75.0 Å². The van der Waals surface area contributed by atoms with Crippen LogP contribution < -0.4 is 14.8 Å². The number of carbonyl (C=O) groups is 3. The van der Waals surface area contributed by atoms with Crippen molar-refractivity contribution >= 4 is 50.3 Å². The van der Waals surface area contributed by atoms with E-state index in [-0.39, 0.29) is 19.4 Å². The standard InChI is InChI=1S/C28H33ClN4O7S/c1-5-16-14-28(16,25(35)32-41(37,38)18-9-10-18)31-23(34)22-13-17(15-33(22)26(36)40-27(2,3)4)39-24-20-7-6-8-21(29)19(20)11-12-30-24/h5-8,11-12,16-18,22H,1,9-10,13-15H2,2-4H3,(H,31,34)(H,32,35)/t16-,17?,22?,28-/m1/s1. The highest BCUT2D eigenvalue weighted by Crippen LogP contribution is 2.45. The minimum absolute atomic E-state index is 0.0196. The third-order valence-corrected chi connectivity index (χ3v) is 9.59. The Labute approximate surface area is 243 Å². The second-order valence-corrected chi connectivity index (χ2v) is 14.1. The zero-order chi connectivity index (χ0) is 29.7. The number of amides is 3. The summed E-state index contributed by atoms with van der Waals surface area (Å²) in [7, 11) is -3.83. The Morgan fingerprint density at radius 3 is 2.56 bits per heavy atom. The van der Waals surface area contributed by atoms with Gasteiger partial charge in [0.05, 0.1) is 11.8 Å². The van der Waals surface area contributed by atoms with Gasteiger partial charge in [0.1, 0.15) is 23.3 Å². The van der Waals surface area contributed by atoms with Gasteiger partial charge in [0.2, 0.25) is 21.8 Å². The largest absolute Gasteiger partial charge is 0.472 e. The lowest BCUT2D eigenvalue weighted by Crippen LogP contribution is -2.56. The number of nitrogens with zero attached hydrogens (tertiary/aromatic N) is 2. The van der Waals surface area contributed by atoms with Gasteiger partial charge in [0, 0.05) is 34.3 Å². The normalized spacial score (nSPS) is 25.9. The van der Waals surface area contributed by atoms with Crippen LogP contribution in [0.3, 0.4) is 0 Å². The van der Waals surface area contributed by atoms with Gasteiger partial charge in [-0.05, 0) is 58.2 Å². The molecule has 4 atom stereocenters. The number of pyridine rings is 1. The Balaban J connectivity index is 1.38. The molecule has 3 fully saturated rings. The van der Waals surface area contributed by atoms with E-state index in [1.54, 1.807) is 45.2 Å². The van der Waals surface area contributed by atoms with Crippen LogP contribution in [-0.2, 0) is 24.3 Å². The van der Waals surface area contributed by atoms with Crippen LogP contribution in [-0.4, -0.2) is 71.3 Å². The highest BCUT2D eigenvalue weighted by Gasteiger charge is 2.62. The first-order chi connectivity index (χ1) is 19.2. The van der Waals surface area contributed by atoms with E-state index in [2.05, 4.69) is 21.6 Å². The number of rotatable bonds is 8. The molecular formula is C28H33ClN4O7S. The Hall–Kier alpha value is -3.38. The number of likely N-dealkylation sites (tertiary alicyclic amines) is 1. The molecule has 1 aromatic carbocycles. The average Bonchev–Trinajstić information content (AvgIpc) is 3.80. The van der Waals surface area contributed by atoms with E-state index in [4.69, 9.17) is 21.1 Å². The zero-order valence-electron chi connectivity index (χ0n) is 23.1. The Morgan fingerprint density at radius 1 is 1.20 bits per heavy atom. The molecule has 220 valence electrons. The number of hydrogen-bond acceptors (Lipinski definition) is 8. The fraction of sp³-hybridized carbons (Fsp3) is 0.500. The fourth-order valence-electron chi connectivity index (χ4n) is 5.07. The molecule has 2 heterocycles. The first kappa shape index (κ1) is 29.1. The van der Waals surface area contributed by atoms with E-state index in [1.807, 2.05) is 6.07 Å². The molecule has 1 saturated heterocycles. The minimum atomic E-state index is -3.83. The molecule has 41 heavy (non-hydrogen) atoms. The minimum Gasteiger partial charge on any atom is -0.472 e. The number of fused-ring (bicyclic) bond motifs is 1. The molecule has 0 radical (unpaired) electrons. The van der Waals surface area contributed by atoms with Crippen LogP contribution in [0.4, 0.5) is 4.79 Å². The van der Waals surface area contributed by atoms with Crippen LogP contribution in [0, 0.1) is 5.92 Å². The topological polar surface area (TPSA) is 144 Å². The molecule has 11 nitrogen and oxygen atoms in total. The van der Waals surface area contributed by atoms with Crippen LogP contribution in [0.5, 0.6) is 5.88 Å². The zero-order valence-corrected chi connectivity index (χ0v) is 24.6. The third-order valence-electron chi connectivity index (χ3n) is 7.44. The molecule has 3 amide bonds. The number of aromatic nitrogens is 1. The molecule has 2 saturated carbocycles. The van der Waals surface area contributed by atoms with E-state index in [1.165, 1.54) is 11.0 Å². The summed E-state index contributed by atoms with van der Waals surface area (Å²) in [5.41, 5.74) is -2.30. The number of nitrogens with one attached hydrogen (secondary N) is 2. The quantitative estimate of drug-likeness (QED) is 0.437. The Kier molecular flexibility index (Phi) is 7.44. The van der Waals surface area contributed by atoms with Crippen molar-refractivity contribution in [3.63, 3.8) is 0 Å². The number of ether oxygens (including phenoxy) is 2. The SMILES string of the molecule is C=C[C@@H]1C[C@]1(NC(=O)C1CC(Oc2nccc3c(Cl)cccc23)CN1C(=O)OC(C)(C)C)C(=O)NS(=O)(=O)C1CC1. The van der Waals surface area contributed by atoms with Gasteiger partial charge < -0.3 is 14.8 Å². The number of sulfonamides is 1. The number of halogens is 1. The van der Waals surface area contributed by atoms with Crippen molar-refractivity contribution in [3.05, 3.63) is 48.1 Å². The summed E-state index contributed by atoms with van der Waals surface area (Å²) in [5, 5.41) is 4.08. The van der Waals surface area contributed by atoms with Crippen molar-refractivity contribution in [3.8, 4) is 5.88 Å². The van der Waals surface area contributed by atoms with Gasteiger partial charge in [-0.15, -0.1) is 6.58 Å².